The predicted molar refractivity (Wildman–Crippen MR) is 76.0 cm³/mol. The molecule has 0 aliphatic heterocycles. The summed E-state index contributed by atoms with van der Waals surface area (Å²) in [4.78, 5) is 34.1. The van der Waals surface area contributed by atoms with E-state index >= 15 is 0 Å². The Morgan fingerprint density at radius 2 is 1.75 bits per heavy atom. The molecular weight excluding hydrogens is 280 g/mol. The lowest BCUT2D eigenvalue weighted by Crippen LogP contribution is -2.10. The minimum absolute atomic E-state index is 0.0239. The number of esters is 2. The van der Waals surface area contributed by atoms with Crippen LogP contribution >= 0.6 is 11.8 Å². The van der Waals surface area contributed by atoms with Gasteiger partial charge in [-0.05, 0) is 24.1 Å². The molecular formula is C14H16O5S. The third kappa shape index (κ3) is 4.38. The maximum atomic E-state index is 11.7. The van der Waals surface area contributed by atoms with Gasteiger partial charge in [-0.1, -0.05) is 17.8 Å². The summed E-state index contributed by atoms with van der Waals surface area (Å²) >= 11 is 1.19. The largest absolute Gasteiger partial charge is 0.465 e. The second-order valence-electron chi connectivity index (χ2n) is 3.95. The Kier molecular flexibility index (Phi) is 6.24. The summed E-state index contributed by atoms with van der Waals surface area (Å²) in [6.07, 6.45) is 0.538. The first-order chi connectivity index (χ1) is 9.49. The second-order valence-corrected chi connectivity index (χ2v) is 5.22. The number of hydrogen-bond donors (Lipinski definition) is 0. The first kappa shape index (κ1) is 16.2. The zero-order chi connectivity index (χ0) is 15.1. The third-order valence-corrected chi connectivity index (χ3v) is 3.43. The zero-order valence-electron chi connectivity index (χ0n) is 11.6. The molecule has 0 aliphatic rings. The van der Waals surface area contributed by atoms with Gasteiger partial charge in [-0.3, -0.25) is 4.79 Å². The molecule has 1 aromatic rings. The molecule has 0 saturated carbocycles. The molecule has 0 atom stereocenters. The molecule has 6 heteroatoms. The van der Waals surface area contributed by atoms with E-state index in [0.717, 1.165) is 5.56 Å². The molecule has 5 nitrogen and oxygen atoms in total. The van der Waals surface area contributed by atoms with Gasteiger partial charge in [-0.2, -0.15) is 0 Å². The van der Waals surface area contributed by atoms with Gasteiger partial charge in [-0.15, -0.1) is 0 Å². The summed E-state index contributed by atoms with van der Waals surface area (Å²) < 4.78 is 9.33. The van der Waals surface area contributed by atoms with E-state index in [-0.39, 0.29) is 10.7 Å². The van der Waals surface area contributed by atoms with Crippen LogP contribution in [0.1, 0.15) is 33.2 Å². The van der Waals surface area contributed by atoms with Crippen LogP contribution in [-0.2, 0) is 20.7 Å². The molecule has 0 spiro atoms. The second kappa shape index (κ2) is 7.69. The molecule has 0 saturated heterocycles. The quantitative estimate of drug-likeness (QED) is 0.775. The fraction of sp³-hybridized carbons (Fsp3) is 0.357. The highest BCUT2D eigenvalue weighted by Crippen LogP contribution is 2.17. The number of methoxy groups -OCH3 is 2. The summed E-state index contributed by atoms with van der Waals surface area (Å²) in [5.41, 5.74) is 1.34. The Balaban J connectivity index is 3.01. The van der Waals surface area contributed by atoms with E-state index in [4.69, 9.17) is 4.74 Å². The Bertz CT molecular complexity index is 524. The van der Waals surface area contributed by atoms with Gasteiger partial charge in [-0.25, -0.2) is 9.59 Å². The lowest BCUT2D eigenvalue weighted by atomic mass is 10.0. The Labute approximate surface area is 121 Å². The summed E-state index contributed by atoms with van der Waals surface area (Å²) in [5.74, 6) is -0.463. The van der Waals surface area contributed by atoms with E-state index in [0.29, 0.717) is 17.7 Å². The molecule has 0 heterocycles. The van der Waals surface area contributed by atoms with Crippen molar-refractivity contribution in [1.82, 2.24) is 0 Å². The van der Waals surface area contributed by atoms with E-state index in [1.165, 1.54) is 39.0 Å². The van der Waals surface area contributed by atoms with Crippen LogP contribution in [0.15, 0.2) is 18.2 Å². The molecule has 0 aliphatic carbocycles. The summed E-state index contributed by atoms with van der Waals surface area (Å²) in [6.45, 7) is 1.49. The van der Waals surface area contributed by atoms with Crippen molar-refractivity contribution in [1.29, 1.82) is 0 Å². The smallest absolute Gasteiger partial charge is 0.338 e. The summed E-state index contributed by atoms with van der Waals surface area (Å²) in [5, 5.41) is 0.0239. The number of rotatable bonds is 5. The average molecular weight is 296 g/mol. The Hall–Kier alpha value is -1.82. The maximum absolute atomic E-state index is 11.7. The number of thioether (sulfide) groups is 1. The van der Waals surface area contributed by atoms with Gasteiger partial charge in [0.1, 0.15) is 0 Å². The number of carbonyl (C=O) groups excluding carboxylic acids is 3. The summed E-state index contributed by atoms with van der Waals surface area (Å²) in [7, 11) is 2.55. The molecule has 108 valence electrons. The normalized spacial score (nSPS) is 9.95. The topological polar surface area (TPSA) is 69.7 Å². The van der Waals surface area contributed by atoms with Gasteiger partial charge >= 0.3 is 11.9 Å². The van der Waals surface area contributed by atoms with Gasteiger partial charge in [0.05, 0.1) is 25.3 Å². The molecule has 20 heavy (non-hydrogen) atoms. The first-order valence-corrected chi connectivity index (χ1v) is 6.91. The average Bonchev–Trinajstić information content (AvgIpc) is 2.45. The molecule has 1 aromatic carbocycles. The first-order valence-electron chi connectivity index (χ1n) is 5.92. The maximum Gasteiger partial charge on any atom is 0.338 e. The number of aryl methyl sites for hydroxylation is 1. The van der Waals surface area contributed by atoms with E-state index in [1.807, 2.05) is 0 Å². The highest BCUT2D eigenvalue weighted by molar-refractivity contribution is 8.13. The van der Waals surface area contributed by atoms with Crippen LogP contribution < -0.4 is 0 Å². The van der Waals surface area contributed by atoms with Crippen molar-refractivity contribution in [2.24, 2.45) is 0 Å². The fourth-order valence-corrected chi connectivity index (χ4v) is 2.25. The van der Waals surface area contributed by atoms with Crippen LogP contribution in [0.25, 0.3) is 0 Å². The fourth-order valence-electron chi connectivity index (χ4n) is 1.64. The van der Waals surface area contributed by atoms with E-state index in [2.05, 4.69) is 4.74 Å². The van der Waals surface area contributed by atoms with Crippen molar-refractivity contribution in [2.45, 2.75) is 13.3 Å². The monoisotopic (exact) mass is 296 g/mol. The van der Waals surface area contributed by atoms with Crippen LogP contribution in [0.3, 0.4) is 0 Å². The third-order valence-electron chi connectivity index (χ3n) is 2.61. The highest BCUT2D eigenvalue weighted by atomic mass is 32.2. The lowest BCUT2D eigenvalue weighted by molar-refractivity contribution is -0.109. The number of benzene rings is 1. The van der Waals surface area contributed by atoms with Crippen molar-refractivity contribution in [3.05, 3.63) is 34.9 Å². The van der Waals surface area contributed by atoms with Crippen molar-refractivity contribution < 1.29 is 23.9 Å². The minimum atomic E-state index is -0.515. The Morgan fingerprint density at radius 3 is 2.30 bits per heavy atom. The van der Waals surface area contributed by atoms with E-state index < -0.39 is 11.9 Å². The zero-order valence-corrected chi connectivity index (χ0v) is 12.4. The van der Waals surface area contributed by atoms with Crippen LogP contribution in [0.5, 0.6) is 0 Å². The molecule has 0 aromatic heterocycles. The molecule has 0 bridgehead atoms. The SMILES string of the molecule is COC(=O)c1ccc(CCSC(C)=O)c(C(=O)OC)c1. The van der Waals surface area contributed by atoms with Crippen LogP contribution in [0.2, 0.25) is 0 Å². The van der Waals surface area contributed by atoms with E-state index in [1.54, 1.807) is 12.1 Å². The minimum Gasteiger partial charge on any atom is -0.465 e. The van der Waals surface area contributed by atoms with Gasteiger partial charge < -0.3 is 9.47 Å². The number of hydrogen-bond acceptors (Lipinski definition) is 6. The van der Waals surface area contributed by atoms with Crippen LogP contribution in [0, 0.1) is 0 Å². The molecule has 0 unspecified atom stereocenters. The summed E-state index contributed by atoms with van der Waals surface area (Å²) in [6, 6.07) is 4.72. The van der Waals surface area contributed by atoms with Crippen LogP contribution in [0.4, 0.5) is 0 Å². The van der Waals surface area contributed by atoms with Gasteiger partial charge in [0, 0.05) is 12.7 Å². The van der Waals surface area contributed by atoms with Crippen molar-refractivity contribution in [3.8, 4) is 0 Å². The van der Waals surface area contributed by atoms with E-state index in [9.17, 15) is 14.4 Å². The van der Waals surface area contributed by atoms with Crippen molar-refractivity contribution in [2.75, 3.05) is 20.0 Å². The molecule has 0 radical (unpaired) electrons. The standard InChI is InChI=1S/C14H16O5S/c1-9(15)20-7-6-10-4-5-11(13(16)18-2)8-12(10)14(17)19-3/h4-5,8H,6-7H2,1-3H3. The Morgan fingerprint density at radius 1 is 1.10 bits per heavy atom. The van der Waals surface area contributed by atoms with Crippen molar-refractivity contribution in [3.63, 3.8) is 0 Å². The molecule has 0 amide bonds. The molecule has 0 fully saturated rings. The van der Waals surface area contributed by atoms with Gasteiger partial charge in [0.2, 0.25) is 0 Å². The number of carbonyl (C=O) groups is 3. The highest BCUT2D eigenvalue weighted by Gasteiger charge is 2.16. The predicted octanol–water partition coefficient (Wildman–Crippen LogP) is 2.08. The van der Waals surface area contributed by atoms with Gasteiger partial charge in [0.15, 0.2) is 5.12 Å². The lowest BCUT2D eigenvalue weighted by Gasteiger charge is -2.09. The molecule has 1 rings (SSSR count). The van der Waals surface area contributed by atoms with Gasteiger partial charge in [0.25, 0.3) is 0 Å². The van der Waals surface area contributed by atoms with Crippen LogP contribution in [-0.4, -0.2) is 37.0 Å². The van der Waals surface area contributed by atoms with Crippen molar-refractivity contribution >= 4 is 28.8 Å². The molecule has 0 N–H and O–H groups in total. The number of ether oxygens (including phenoxy) is 2.